The zero-order valence-corrected chi connectivity index (χ0v) is 14.5. The molecule has 22 heavy (non-hydrogen) atoms. The van der Waals surface area contributed by atoms with Crippen LogP contribution in [0, 0.1) is 12.8 Å². The van der Waals surface area contributed by atoms with Crippen LogP contribution in [0.5, 0.6) is 0 Å². The van der Waals surface area contributed by atoms with Gasteiger partial charge in [-0.05, 0) is 44.2 Å². The third-order valence-electron chi connectivity index (χ3n) is 4.75. The van der Waals surface area contributed by atoms with E-state index in [0.29, 0.717) is 10.6 Å². The van der Waals surface area contributed by atoms with Crippen LogP contribution in [0.25, 0.3) is 0 Å². The number of rotatable bonds is 3. The fourth-order valence-electron chi connectivity index (χ4n) is 3.76. The Morgan fingerprint density at radius 3 is 2.68 bits per heavy atom. The van der Waals surface area contributed by atoms with Crippen LogP contribution in [-0.2, 0) is 19.6 Å². The molecule has 3 atom stereocenters. The Labute approximate surface area is 135 Å². The van der Waals surface area contributed by atoms with E-state index in [1.165, 1.54) is 22.8 Å². The van der Waals surface area contributed by atoms with Gasteiger partial charge in [0.2, 0.25) is 0 Å². The second-order valence-corrected chi connectivity index (χ2v) is 9.44. The maximum absolute atomic E-state index is 13.1. The van der Waals surface area contributed by atoms with E-state index in [1.807, 2.05) is 6.92 Å². The van der Waals surface area contributed by atoms with Crippen LogP contribution in [0.3, 0.4) is 0 Å². The first kappa shape index (κ1) is 16.0. The summed E-state index contributed by atoms with van der Waals surface area (Å²) in [5.41, 5.74) is 0. The average molecular weight is 343 g/mol. The van der Waals surface area contributed by atoms with Crippen molar-refractivity contribution in [3.8, 4) is 0 Å². The van der Waals surface area contributed by atoms with Crippen molar-refractivity contribution in [3.63, 3.8) is 0 Å². The molecule has 2 aliphatic rings. The lowest BCUT2D eigenvalue weighted by Crippen LogP contribution is -2.46. The highest BCUT2D eigenvalue weighted by atomic mass is 32.2. The minimum Gasteiger partial charge on any atom is -0.468 e. The van der Waals surface area contributed by atoms with Crippen molar-refractivity contribution in [2.75, 3.05) is 7.11 Å². The molecule has 0 bridgehead atoms. The Bertz CT molecular complexity index is 667. The summed E-state index contributed by atoms with van der Waals surface area (Å²) in [5.74, 6) is -0.167. The molecule has 1 saturated heterocycles. The number of nitrogens with zero attached hydrogens (tertiary/aromatic N) is 1. The molecular weight excluding hydrogens is 322 g/mol. The topological polar surface area (TPSA) is 63.7 Å². The van der Waals surface area contributed by atoms with Crippen LogP contribution in [0.1, 0.15) is 37.0 Å². The minimum atomic E-state index is -3.64. The zero-order valence-electron chi connectivity index (χ0n) is 12.8. The van der Waals surface area contributed by atoms with Crippen molar-refractivity contribution < 1.29 is 17.9 Å². The van der Waals surface area contributed by atoms with Crippen molar-refractivity contribution in [3.05, 3.63) is 17.0 Å². The molecule has 2 heterocycles. The summed E-state index contributed by atoms with van der Waals surface area (Å²) in [4.78, 5) is 13.1. The molecule has 7 heteroatoms. The summed E-state index contributed by atoms with van der Waals surface area (Å²) in [5, 5.41) is 0. The van der Waals surface area contributed by atoms with Crippen LogP contribution < -0.4 is 0 Å². The van der Waals surface area contributed by atoms with Gasteiger partial charge >= 0.3 is 5.97 Å². The van der Waals surface area contributed by atoms with Crippen LogP contribution in [0.2, 0.25) is 0 Å². The van der Waals surface area contributed by atoms with E-state index in [-0.39, 0.29) is 12.0 Å². The monoisotopic (exact) mass is 343 g/mol. The normalized spacial score (nSPS) is 29.3. The van der Waals surface area contributed by atoms with Crippen LogP contribution >= 0.6 is 11.3 Å². The Balaban J connectivity index is 2.01. The maximum Gasteiger partial charge on any atom is 0.324 e. The third-order valence-corrected chi connectivity index (χ3v) is 8.15. The van der Waals surface area contributed by atoms with Gasteiger partial charge in [-0.2, -0.15) is 4.31 Å². The van der Waals surface area contributed by atoms with E-state index in [2.05, 4.69) is 0 Å². The first-order valence-electron chi connectivity index (χ1n) is 7.63. The van der Waals surface area contributed by atoms with E-state index in [1.54, 1.807) is 12.1 Å². The summed E-state index contributed by atoms with van der Waals surface area (Å²) in [6, 6.07) is 2.70. The Morgan fingerprint density at radius 2 is 2.05 bits per heavy atom. The maximum atomic E-state index is 13.1. The lowest BCUT2D eigenvalue weighted by Gasteiger charge is -2.31. The SMILES string of the molecule is COC(=O)C1CC2CCCCC2N1S(=O)(=O)c1ccc(C)s1. The van der Waals surface area contributed by atoms with Crippen molar-refractivity contribution in [2.45, 2.75) is 55.3 Å². The molecule has 0 N–H and O–H groups in total. The van der Waals surface area contributed by atoms with Crippen molar-refractivity contribution in [1.29, 1.82) is 0 Å². The van der Waals surface area contributed by atoms with E-state index in [9.17, 15) is 13.2 Å². The number of hydrogen-bond acceptors (Lipinski definition) is 5. The largest absolute Gasteiger partial charge is 0.468 e. The zero-order chi connectivity index (χ0) is 15.9. The molecule has 0 spiro atoms. The average Bonchev–Trinajstić information content (AvgIpc) is 3.10. The predicted octanol–water partition coefficient (Wildman–Crippen LogP) is 2.55. The summed E-state index contributed by atoms with van der Waals surface area (Å²) in [6.45, 7) is 1.88. The van der Waals surface area contributed by atoms with Crippen LogP contribution in [-0.4, -0.2) is 37.9 Å². The quantitative estimate of drug-likeness (QED) is 0.791. The highest BCUT2D eigenvalue weighted by molar-refractivity contribution is 7.91. The molecule has 1 aromatic rings. The Morgan fingerprint density at radius 1 is 1.32 bits per heavy atom. The highest BCUT2D eigenvalue weighted by Crippen LogP contribution is 2.43. The van der Waals surface area contributed by atoms with E-state index >= 15 is 0 Å². The lowest BCUT2D eigenvalue weighted by molar-refractivity contribution is -0.144. The number of carbonyl (C=O) groups excluding carboxylic acids is 1. The standard InChI is InChI=1S/C15H21NO4S2/c1-10-7-8-14(21-10)22(18,19)16-12-6-4-3-5-11(12)9-13(16)15(17)20-2/h7-8,11-13H,3-6,9H2,1-2H3. The summed E-state index contributed by atoms with van der Waals surface area (Å²) in [6.07, 6.45) is 4.54. The molecule has 3 rings (SSSR count). The fourth-order valence-corrected chi connectivity index (χ4v) is 7.01. The summed E-state index contributed by atoms with van der Waals surface area (Å²) in [7, 11) is -2.32. The number of hydrogen-bond donors (Lipinski definition) is 0. The second kappa shape index (κ2) is 5.94. The minimum absolute atomic E-state index is 0.0646. The van der Waals surface area contributed by atoms with E-state index in [0.717, 1.165) is 30.6 Å². The van der Waals surface area contributed by atoms with Gasteiger partial charge in [0.25, 0.3) is 10.0 Å². The van der Waals surface area contributed by atoms with Crippen molar-refractivity contribution >= 4 is 27.3 Å². The van der Waals surface area contributed by atoms with Gasteiger partial charge in [-0.1, -0.05) is 12.8 Å². The van der Waals surface area contributed by atoms with E-state index < -0.39 is 22.0 Å². The van der Waals surface area contributed by atoms with Gasteiger partial charge in [0.05, 0.1) is 7.11 Å². The van der Waals surface area contributed by atoms with Crippen LogP contribution in [0.15, 0.2) is 16.3 Å². The number of carbonyl (C=O) groups is 1. The molecule has 3 unspecified atom stereocenters. The number of thiophene rings is 1. The molecule has 0 radical (unpaired) electrons. The number of esters is 1. The number of methoxy groups -OCH3 is 1. The smallest absolute Gasteiger partial charge is 0.324 e. The van der Waals surface area contributed by atoms with Gasteiger partial charge in [-0.3, -0.25) is 4.79 Å². The lowest BCUT2D eigenvalue weighted by atomic mass is 9.85. The number of fused-ring (bicyclic) bond motifs is 1. The molecule has 1 saturated carbocycles. The van der Waals surface area contributed by atoms with Gasteiger partial charge in [0.15, 0.2) is 0 Å². The number of sulfonamides is 1. The molecule has 1 aliphatic carbocycles. The van der Waals surface area contributed by atoms with Gasteiger partial charge < -0.3 is 4.74 Å². The van der Waals surface area contributed by atoms with Gasteiger partial charge in [0.1, 0.15) is 10.3 Å². The fraction of sp³-hybridized carbons (Fsp3) is 0.667. The molecule has 2 fully saturated rings. The molecule has 0 aromatic carbocycles. The third kappa shape index (κ3) is 2.59. The van der Waals surface area contributed by atoms with Gasteiger partial charge in [-0.25, -0.2) is 8.42 Å². The predicted molar refractivity (Wildman–Crippen MR) is 84.2 cm³/mol. The highest BCUT2D eigenvalue weighted by Gasteiger charge is 2.51. The molecule has 122 valence electrons. The Kier molecular flexibility index (Phi) is 4.31. The van der Waals surface area contributed by atoms with Crippen molar-refractivity contribution in [1.82, 2.24) is 4.31 Å². The van der Waals surface area contributed by atoms with Crippen LogP contribution in [0.4, 0.5) is 0 Å². The molecule has 5 nitrogen and oxygen atoms in total. The molecule has 1 aliphatic heterocycles. The van der Waals surface area contributed by atoms with Crippen molar-refractivity contribution in [2.24, 2.45) is 5.92 Å². The number of aryl methyl sites for hydroxylation is 1. The first-order valence-corrected chi connectivity index (χ1v) is 9.88. The van der Waals surface area contributed by atoms with Gasteiger partial charge in [0, 0.05) is 10.9 Å². The summed E-state index contributed by atoms with van der Waals surface area (Å²) < 4.78 is 32.8. The van der Waals surface area contributed by atoms with E-state index in [4.69, 9.17) is 4.74 Å². The Hall–Kier alpha value is -0.920. The summed E-state index contributed by atoms with van der Waals surface area (Å²) >= 11 is 1.26. The molecule has 1 aromatic heterocycles. The second-order valence-electron chi connectivity index (χ2n) is 6.09. The molecule has 0 amide bonds. The molecular formula is C15H21NO4S2. The van der Waals surface area contributed by atoms with Gasteiger partial charge in [-0.15, -0.1) is 11.3 Å². The number of ether oxygens (including phenoxy) is 1. The first-order chi connectivity index (χ1) is 10.4.